The molecule has 0 spiro atoms. The van der Waals surface area contributed by atoms with E-state index in [0.29, 0.717) is 5.92 Å². The number of hydrogen-bond donors (Lipinski definition) is 1. The van der Waals surface area contributed by atoms with Crippen LogP contribution in [0.3, 0.4) is 0 Å². The minimum atomic E-state index is -0.0904. The molecule has 1 rings (SSSR count). The van der Waals surface area contributed by atoms with Gasteiger partial charge in [0.05, 0.1) is 6.10 Å². The average molecular weight is 185 g/mol. The van der Waals surface area contributed by atoms with Crippen molar-refractivity contribution < 1.29 is 5.11 Å². The predicted octanol–water partition coefficient (Wildman–Crippen LogP) is 1.88. The number of nitrogens with zero attached hydrogens (tertiary/aromatic N) is 1. The average Bonchev–Trinajstić information content (AvgIpc) is 2.14. The molecular formula is C11H23NO. The molecule has 2 unspecified atom stereocenters. The molecule has 1 aliphatic heterocycles. The van der Waals surface area contributed by atoms with Gasteiger partial charge in [-0.05, 0) is 46.1 Å². The third-order valence-electron chi connectivity index (χ3n) is 3.15. The largest absolute Gasteiger partial charge is 0.393 e. The smallest absolute Gasteiger partial charge is 0.0578 e. The van der Waals surface area contributed by atoms with Crippen LogP contribution in [0.2, 0.25) is 0 Å². The molecule has 1 N–H and O–H groups in total. The first kappa shape index (κ1) is 11.0. The second-order valence-electron chi connectivity index (χ2n) is 5.28. The van der Waals surface area contributed by atoms with Gasteiger partial charge in [0.15, 0.2) is 0 Å². The van der Waals surface area contributed by atoms with Gasteiger partial charge in [-0.25, -0.2) is 0 Å². The molecule has 0 aliphatic carbocycles. The highest BCUT2D eigenvalue weighted by Gasteiger charge is 2.27. The standard InChI is InChI=1S/C11H23NO/c1-9-5-7-12(11(2,3)4)8-6-10(9)13/h9-10,13H,5-8H2,1-4H3. The van der Waals surface area contributed by atoms with Crippen LogP contribution in [-0.4, -0.2) is 34.7 Å². The van der Waals surface area contributed by atoms with Crippen molar-refractivity contribution in [1.29, 1.82) is 0 Å². The molecule has 0 saturated carbocycles. The van der Waals surface area contributed by atoms with E-state index >= 15 is 0 Å². The summed E-state index contributed by atoms with van der Waals surface area (Å²) < 4.78 is 0. The van der Waals surface area contributed by atoms with Gasteiger partial charge in [-0.1, -0.05) is 6.92 Å². The maximum Gasteiger partial charge on any atom is 0.0578 e. The Bertz CT molecular complexity index is 150. The van der Waals surface area contributed by atoms with E-state index < -0.39 is 0 Å². The predicted molar refractivity (Wildman–Crippen MR) is 55.7 cm³/mol. The summed E-state index contributed by atoms with van der Waals surface area (Å²) in [7, 11) is 0. The number of aliphatic hydroxyl groups excluding tert-OH is 1. The quantitative estimate of drug-likeness (QED) is 0.623. The second kappa shape index (κ2) is 3.97. The topological polar surface area (TPSA) is 23.5 Å². The first-order valence-electron chi connectivity index (χ1n) is 5.34. The SMILES string of the molecule is CC1CCN(C(C)(C)C)CCC1O. The fraction of sp³-hybridized carbons (Fsp3) is 1.00. The Morgan fingerprint density at radius 3 is 2.23 bits per heavy atom. The summed E-state index contributed by atoms with van der Waals surface area (Å²) >= 11 is 0. The normalized spacial score (nSPS) is 33.0. The zero-order valence-electron chi connectivity index (χ0n) is 9.38. The molecule has 0 amide bonds. The second-order valence-corrected chi connectivity index (χ2v) is 5.28. The molecule has 0 aromatic carbocycles. The third-order valence-corrected chi connectivity index (χ3v) is 3.15. The van der Waals surface area contributed by atoms with Gasteiger partial charge in [0, 0.05) is 12.1 Å². The van der Waals surface area contributed by atoms with E-state index in [-0.39, 0.29) is 11.6 Å². The number of aliphatic hydroxyl groups is 1. The summed E-state index contributed by atoms with van der Waals surface area (Å²) in [5.74, 6) is 0.465. The molecule has 2 atom stereocenters. The highest BCUT2D eigenvalue weighted by molar-refractivity contribution is 4.81. The summed E-state index contributed by atoms with van der Waals surface area (Å²) in [5, 5.41) is 9.71. The molecule has 1 heterocycles. The van der Waals surface area contributed by atoms with Gasteiger partial charge < -0.3 is 5.11 Å². The fourth-order valence-corrected chi connectivity index (χ4v) is 1.91. The van der Waals surface area contributed by atoms with Gasteiger partial charge in [0.25, 0.3) is 0 Å². The Balaban J connectivity index is 2.54. The summed E-state index contributed by atoms with van der Waals surface area (Å²) in [6.45, 7) is 11.0. The maximum absolute atomic E-state index is 9.71. The van der Waals surface area contributed by atoms with Crippen molar-refractivity contribution >= 4 is 0 Å². The Labute approximate surface area is 81.9 Å². The molecule has 2 nitrogen and oxygen atoms in total. The molecule has 0 aromatic heterocycles. The Morgan fingerprint density at radius 2 is 1.69 bits per heavy atom. The highest BCUT2D eigenvalue weighted by atomic mass is 16.3. The minimum Gasteiger partial charge on any atom is -0.393 e. The van der Waals surface area contributed by atoms with E-state index in [1.807, 2.05) is 0 Å². The molecule has 2 heteroatoms. The molecule has 1 aliphatic rings. The van der Waals surface area contributed by atoms with E-state index in [4.69, 9.17) is 0 Å². The molecule has 0 bridgehead atoms. The number of hydrogen-bond acceptors (Lipinski definition) is 2. The lowest BCUT2D eigenvalue weighted by Crippen LogP contribution is -2.42. The van der Waals surface area contributed by atoms with Gasteiger partial charge in [-0.15, -0.1) is 0 Å². The first-order chi connectivity index (χ1) is 5.91. The van der Waals surface area contributed by atoms with Crippen molar-refractivity contribution in [3.05, 3.63) is 0 Å². The van der Waals surface area contributed by atoms with Crippen molar-refractivity contribution in [2.24, 2.45) is 5.92 Å². The van der Waals surface area contributed by atoms with Crippen LogP contribution < -0.4 is 0 Å². The molecule has 13 heavy (non-hydrogen) atoms. The van der Waals surface area contributed by atoms with Crippen LogP contribution in [0.4, 0.5) is 0 Å². The Hall–Kier alpha value is -0.0800. The van der Waals surface area contributed by atoms with E-state index in [1.54, 1.807) is 0 Å². The van der Waals surface area contributed by atoms with Gasteiger partial charge in [-0.3, -0.25) is 4.90 Å². The molecule has 0 radical (unpaired) electrons. The maximum atomic E-state index is 9.71. The van der Waals surface area contributed by atoms with Gasteiger partial charge in [-0.2, -0.15) is 0 Å². The zero-order valence-corrected chi connectivity index (χ0v) is 9.38. The first-order valence-corrected chi connectivity index (χ1v) is 5.34. The zero-order chi connectivity index (χ0) is 10.1. The summed E-state index contributed by atoms with van der Waals surface area (Å²) in [4.78, 5) is 2.47. The van der Waals surface area contributed by atoms with E-state index in [0.717, 1.165) is 25.9 Å². The summed E-state index contributed by atoms with van der Waals surface area (Å²) in [6, 6.07) is 0. The Morgan fingerprint density at radius 1 is 1.15 bits per heavy atom. The summed E-state index contributed by atoms with van der Waals surface area (Å²) in [6.07, 6.45) is 1.96. The van der Waals surface area contributed by atoms with Gasteiger partial charge in [0.2, 0.25) is 0 Å². The number of rotatable bonds is 0. The Kier molecular flexibility index (Phi) is 3.36. The monoisotopic (exact) mass is 185 g/mol. The molecular weight excluding hydrogens is 162 g/mol. The highest BCUT2D eigenvalue weighted by Crippen LogP contribution is 2.22. The lowest BCUT2D eigenvalue weighted by Gasteiger charge is -2.34. The molecule has 1 fully saturated rings. The third kappa shape index (κ3) is 2.96. The van der Waals surface area contributed by atoms with Crippen molar-refractivity contribution in [3.8, 4) is 0 Å². The summed E-state index contributed by atoms with van der Waals surface area (Å²) in [5.41, 5.74) is 0.254. The van der Waals surface area contributed by atoms with Crippen LogP contribution in [0.25, 0.3) is 0 Å². The molecule has 78 valence electrons. The van der Waals surface area contributed by atoms with Crippen LogP contribution in [-0.2, 0) is 0 Å². The fourth-order valence-electron chi connectivity index (χ4n) is 1.91. The van der Waals surface area contributed by atoms with Crippen LogP contribution in [0.5, 0.6) is 0 Å². The molecule has 0 aromatic rings. The van der Waals surface area contributed by atoms with Crippen LogP contribution in [0, 0.1) is 5.92 Å². The van der Waals surface area contributed by atoms with Gasteiger partial charge in [0.1, 0.15) is 0 Å². The lowest BCUT2D eigenvalue weighted by molar-refractivity contribution is 0.106. The lowest BCUT2D eigenvalue weighted by atomic mass is 10.0. The van der Waals surface area contributed by atoms with Crippen molar-refractivity contribution in [2.75, 3.05) is 13.1 Å². The van der Waals surface area contributed by atoms with E-state index in [2.05, 4.69) is 32.6 Å². The van der Waals surface area contributed by atoms with E-state index in [9.17, 15) is 5.11 Å². The van der Waals surface area contributed by atoms with Crippen LogP contribution >= 0.6 is 0 Å². The number of likely N-dealkylation sites (tertiary alicyclic amines) is 1. The van der Waals surface area contributed by atoms with Crippen molar-refractivity contribution in [2.45, 2.75) is 52.2 Å². The van der Waals surface area contributed by atoms with Crippen molar-refractivity contribution in [3.63, 3.8) is 0 Å². The van der Waals surface area contributed by atoms with Crippen molar-refractivity contribution in [1.82, 2.24) is 4.90 Å². The minimum absolute atomic E-state index is 0.0904. The molecule has 1 saturated heterocycles. The van der Waals surface area contributed by atoms with Gasteiger partial charge >= 0.3 is 0 Å². The van der Waals surface area contributed by atoms with E-state index in [1.165, 1.54) is 0 Å². The van der Waals surface area contributed by atoms with Crippen LogP contribution in [0.15, 0.2) is 0 Å². The van der Waals surface area contributed by atoms with Crippen LogP contribution in [0.1, 0.15) is 40.5 Å².